The SMILES string of the molecule is CC.CC/C(N)=C/C(=C\N)C(C)C. The van der Waals surface area contributed by atoms with E-state index in [-0.39, 0.29) is 0 Å². The first-order valence-electron chi connectivity index (χ1n) is 4.99. The Morgan fingerprint density at radius 3 is 2.00 bits per heavy atom. The molecule has 0 aromatic carbocycles. The molecule has 0 bridgehead atoms. The molecule has 0 saturated carbocycles. The largest absolute Gasteiger partial charge is 0.404 e. The predicted molar refractivity (Wildman–Crippen MR) is 61.0 cm³/mol. The van der Waals surface area contributed by atoms with E-state index in [4.69, 9.17) is 11.5 Å². The molecule has 0 aromatic heterocycles. The summed E-state index contributed by atoms with van der Waals surface area (Å²) < 4.78 is 0. The lowest BCUT2D eigenvalue weighted by molar-refractivity contribution is 0.784. The first-order chi connectivity index (χ1) is 6.11. The van der Waals surface area contributed by atoms with E-state index in [1.165, 1.54) is 0 Å². The third-order valence-corrected chi connectivity index (χ3v) is 1.62. The second kappa shape index (κ2) is 9.17. The quantitative estimate of drug-likeness (QED) is 0.663. The summed E-state index contributed by atoms with van der Waals surface area (Å²) in [6.07, 6.45) is 4.45. The summed E-state index contributed by atoms with van der Waals surface area (Å²) >= 11 is 0. The minimum absolute atomic E-state index is 0.449. The van der Waals surface area contributed by atoms with Gasteiger partial charge in [0.15, 0.2) is 0 Å². The third kappa shape index (κ3) is 7.44. The van der Waals surface area contributed by atoms with E-state index in [1.54, 1.807) is 6.20 Å². The van der Waals surface area contributed by atoms with Gasteiger partial charge in [0.1, 0.15) is 0 Å². The van der Waals surface area contributed by atoms with Gasteiger partial charge in [0.05, 0.1) is 0 Å². The zero-order valence-electron chi connectivity index (χ0n) is 9.59. The normalized spacial score (nSPS) is 12.5. The number of hydrogen-bond acceptors (Lipinski definition) is 2. The van der Waals surface area contributed by atoms with E-state index in [0.717, 1.165) is 17.7 Å². The van der Waals surface area contributed by atoms with Gasteiger partial charge in [0.25, 0.3) is 0 Å². The first kappa shape index (κ1) is 14.6. The van der Waals surface area contributed by atoms with Crippen LogP contribution in [0.3, 0.4) is 0 Å². The van der Waals surface area contributed by atoms with Crippen LogP contribution in [0.25, 0.3) is 0 Å². The highest BCUT2D eigenvalue weighted by Crippen LogP contribution is 2.11. The van der Waals surface area contributed by atoms with E-state index < -0.39 is 0 Å². The molecule has 0 aromatic rings. The van der Waals surface area contributed by atoms with Crippen LogP contribution >= 0.6 is 0 Å². The fourth-order valence-electron chi connectivity index (χ4n) is 0.723. The molecule has 0 fully saturated rings. The van der Waals surface area contributed by atoms with Crippen LogP contribution in [-0.2, 0) is 0 Å². The molecule has 2 heteroatoms. The van der Waals surface area contributed by atoms with Crippen LogP contribution in [-0.4, -0.2) is 0 Å². The number of nitrogens with two attached hydrogens (primary N) is 2. The molecular formula is C11H24N2. The summed E-state index contributed by atoms with van der Waals surface area (Å²) in [6, 6.07) is 0. The van der Waals surface area contributed by atoms with Crippen LogP contribution in [0.2, 0.25) is 0 Å². The maximum Gasteiger partial charge on any atom is 0.00810 e. The zero-order valence-corrected chi connectivity index (χ0v) is 9.59. The van der Waals surface area contributed by atoms with Crippen molar-refractivity contribution in [1.82, 2.24) is 0 Å². The van der Waals surface area contributed by atoms with Crippen LogP contribution in [0.4, 0.5) is 0 Å². The van der Waals surface area contributed by atoms with Gasteiger partial charge in [0, 0.05) is 5.70 Å². The third-order valence-electron chi connectivity index (χ3n) is 1.62. The maximum absolute atomic E-state index is 5.65. The molecule has 0 rings (SSSR count). The molecule has 0 amide bonds. The van der Waals surface area contributed by atoms with Crippen LogP contribution < -0.4 is 11.5 Å². The first-order valence-corrected chi connectivity index (χ1v) is 4.99. The van der Waals surface area contributed by atoms with Gasteiger partial charge in [-0.05, 0) is 30.2 Å². The standard InChI is InChI=1S/C9H18N2.C2H6/c1-4-9(11)5-8(6-10)7(2)3;1-2/h5-7H,4,10-11H2,1-3H3;1-2H3/b8-6+,9-5-;. The lowest BCUT2D eigenvalue weighted by Gasteiger charge is -2.05. The maximum atomic E-state index is 5.65. The van der Waals surface area contributed by atoms with Gasteiger partial charge in [-0.2, -0.15) is 0 Å². The second-order valence-electron chi connectivity index (χ2n) is 2.89. The molecule has 13 heavy (non-hydrogen) atoms. The molecule has 0 atom stereocenters. The van der Waals surface area contributed by atoms with Crippen LogP contribution in [0.5, 0.6) is 0 Å². The highest BCUT2D eigenvalue weighted by molar-refractivity contribution is 5.22. The van der Waals surface area contributed by atoms with Crippen molar-refractivity contribution in [3.63, 3.8) is 0 Å². The van der Waals surface area contributed by atoms with Gasteiger partial charge in [-0.1, -0.05) is 34.6 Å². The highest BCUT2D eigenvalue weighted by atomic mass is 14.6. The number of allylic oxidation sites excluding steroid dienone is 3. The molecule has 2 nitrogen and oxygen atoms in total. The molecule has 0 spiro atoms. The van der Waals surface area contributed by atoms with E-state index in [0.29, 0.717) is 5.92 Å². The average molecular weight is 184 g/mol. The van der Waals surface area contributed by atoms with Crippen LogP contribution in [0.1, 0.15) is 41.0 Å². The van der Waals surface area contributed by atoms with Crippen LogP contribution in [0, 0.1) is 5.92 Å². The number of rotatable bonds is 3. The van der Waals surface area contributed by atoms with Gasteiger partial charge in [-0.25, -0.2) is 0 Å². The minimum Gasteiger partial charge on any atom is -0.404 e. The van der Waals surface area contributed by atoms with Gasteiger partial charge in [-0.15, -0.1) is 0 Å². The van der Waals surface area contributed by atoms with Crippen molar-refractivity contribution in [2.75, 3.05) is 0 Å². The molecule has 0 saturated heterocycles. The lowest BCUT2D eigenvalue weighted by Crippen LogP contribution is -2.00. The highest BCUT2D eigenvalue weighted by Gasteiger charge is 1.98. The Morgan fingerprint density at radius 1 is 1.31 bits per heavy atom. The van der Waals surface area contributed by atoms with Crippen molar-refractivity contribution < 1.29 is 0 Å². The lowest BCUT2D eigenvalue weighted by atomic mass is 10.0. The van der Waals surface area contributed by atoms with Crippen LogP contribution in [0.15, 0.2) is 23.5 Å². The fourth-order valence-corrected chi connectivity index (χ4v) is 0.723. The molecular weight excluding hydrogens is 160 g/mol. The molecule has 4 N–H and O–H groups in total. The molecule has 0 aliphatic rings. The summed E-state index contributed by atoms with van der Waals surface area (Å²) in [7, 11) is 0. The Morgan fingerprint density at radius 2 is 1.77 bits per heavy atom. The average Bonchev–Trinajstić information content (AvgIpc) is 2.16. The summed E-state index contributed by atoms with van der Waals surface area (Å²) in [4.78, 5) is 0. The van der Waals surface area contributed by atoms with Crippen molar-refractivity contribution in [1.29, 1.82) is 0 Å². The molecule has 78 valence electrons. The zero-order chi connectivity index (χ0) is 10.9. The predicted octanol–water partition coefficient (Wildman–Crippen LogP) is 2.76. The minimum atomic E-state index is 0.449. The molecule has 0 heterocycles. The Kier molecular flexibility index (Phi) is 10.3. The monoisotopic (exact) mass is 184 g/mol. The van der Waals surface area contributed by atoms with Crippen molar-refractivity contribution in [3.05, 3.63) is 23.5 Å². The van der Waals surface area contributed by atoms with E-state index in [9.17, 15) is 0 Å². The Labute approximate surface area is 82.7 Å². The van der Waals surface area contributed by atoms with Crippen molar-refractivity contribution in [2.45, 2.75) is 41.0 Å². The van der Waals surface area contributed by atoms with Gasteiger partial charge < -0.3 is 11.5 Å². The molecule has 0 aliphatic carbocycles. The molecule has 0 unspecified atom stereocenters. The fraction of sp³-hybridized carbons (Fsp3) is 0.636. The van der Waals surface area contributed by atoms with E-state index in [1.807, 2.05) is 26.8 Å². The van der Waals surface area contributed by atoms with Crippen molar-refractivity contribution >= 4 is 0 Å². The van der Waals surface area contributed by atoms with Crippen molar-refractivity contribution in [2.24, 2.45) is 17.4 Å². The van der Waals surface area contributed by atoms with E-state index in [2.05, 4.69) is 13.8 Å². The van der Waals surface area contributed by atoms with Gasteiger partial charge >= 0.3 is 0 Å². The van der Waals surface area contributed by atoms with E-state index >= 15 is 0 Å². The van der Waals surface area contributed by atoms with Crippen molar-refractivity contribution in [3.8, 4) is 0 Å². The van der Waals surface area contributed by atoms with Gasteiger partial charge in [0.2, 0.25) is 0 Å². The molecule has 0 radical (unpaired) electrons. The smallest absolute Gasteiger partial charge is 0.00810 e. The topological polar surface area (TPSA) is 52.0 Å². The Bertz CT molecular complexity index is 167. The van der Waals surface area contributed by atoms with Gasteiger partial charge in [-0.3, -0.25) is 0 Å². The Balaban J connectivity index is 0. The Hall–Kier alpha value is -0.920. The summed E-state index contributed by atoms with van der Waals surface area (Å²) in [5.74, 6) is 0.449. The summed E-state index contributed by atoms with van der Waals surface area (Å²) in [5.41, 5.74) is 13.1. The number of hydrogen-bond donors (Lipinski definition) is 2. The second-order valence-corrected chi connectivity index (χ2v) is 2.89. The molecule has 0 aliphatic heterocycles. The summed E-state index contributed by atoms with van der Waals surface area (Å²) in [6.45, 7) is 10.2. The summed E-state index contributed by atoms with van der Waals surface area (Å²) in [5, 5.41) is 0.